The molecule has 0 unspecified atom stereocenters. The quantitative estimate of drug-likeness (QED) is 0.724. The van der Waals surface area contributed by atoms with Gasteiger partial charge in [0.15, 0.2) is 10.8 Å². The molecule has 0 aromatic carbocycles. The first-order valence-corrected chi connectivity index (χ1v) is 9.88. The lowest BCUT2D eigenvalue weighted by atomic mass is 10.2. The largest absolute Gasteiger partial charge is 0.462 e. The maximum Gasteiger partial charge on any atom is 0.312 e. The van der Waals surface area contributed by atoms with Gasteiger partial charge in [0.05, 0.1) is 6.26 Å². The zero-order valence-electron chi connectivity index (χ0n) is 14.8. The molecule has 2 aromatic rings. The molecule has 4 rings (SSSR count). The summed E-state index contributed by atoms with van der Waals surface area (Å²) in [6, 6.07) is 3.58. The van der Waals surface area contributed by atoms with E-state index in [1.165, 1.54) is 11.3 Å². The van der Waals surface area contributed by atoms with Gasteiger partial charge in [0.25, 0.3) is 5.91 Å². The summed E-state index contributed by atoms with van der Waals surface area (Å²) in [7, 11) is 0. The van der Waals surface area contributed by atoms with Crippen molar-refractivity contribution < 1.29 is 18.8 Å². The van der Waals surface area contributed by atoms with Crippen LogP contribution in [0.15, 0.2) is 28.2 Å². The highest BCUT2D eigenvalue weighted by molar-refractivity contribution is 7.13. The fourth-order valence-corrected chi connectivity index (χ4v) is 4.11. The van der Waals surface area contributed by atoms with E-state index in [0.29, 0.717) is 55.7 Å². The van der Waals surface area contributed by atoms with Crippen molar-refractivity contribution in [3.05, 3.63) is 29.5 Å². The molecule has 8 nitrogen and oxygen atoms in total. The van der Waals surface area contributed by atoms with E-state index in [0.717, 1.165) is 12.8 Å². The van der Waals surface area contributed by atoms with Gasteiger partial charge in [-0.2, -0.15) is 0 Å². The number of carbonyl (C=O) groups excluding carboxylic acids is 3. The Bertz CT molecular complexity index is 833. The lowest BCUT2D eigenvalue weighted by molar-refractivity contribution is -0.152. The van der Waals surface area contributed by atoms with Crippen LogP contribution in [0.1, 0.15) is 23.3 Å². The van der Waals surface area contributed by atoms with Crippen molar-refractivity contribution in [2.45, 2.75) is 12.8 Å². The summed E-state index contributed by atoms with van der Waals surface area (Å²) in [5, 5.41) is 2.38. The Morgan fingerprint density at radius 2 is 1.56 bits per heavy atom. The molecular weight excluding hydrogens is 368 g/mol. The second kappa shape index (κ2) is 7.51. The molecule has 2 fully saturated rings. The summed E-state index contributed by atoms with van der Waals surface area (Å²) in [6.07, 6.45) is 3.47. The Morgan fingerprint density at radius 1 is 0.926 bits per heavy atom. The van der Waals surface area contributed by atoms with Gasteiger partial charge in [-0.25, -0.2) is 4.98 Å². The highest BCUT2D eigenvalue weighted by atomic mass is 32.1. The minimum absolute atomic E-state index is 0.165. The van der Waals surface area contributed by atoms with Gasteiger partial charge in [-0.15, -0.1) is 11.3 Å². The van der Waals surface area contributed by atoms with Gasteiger partial charge in [-0.1, -0.05) is 0 Å². The Morgan fingerprint density at radius 3 is 2.19 bits per heavy atom. The minimum Gasteiger partial charge on any atom is -0.462 e. The van der Waals surface area contributed by atoms with Gasteiger partial charge in [0.2, 0.25) is 0 Å². The summed E-state index contributed by atoms with van der Waals surface area (Å²) >= 11 is 1.36. The zero-order chi connectivity index (χ0) is 18.8. The summed E-state index contributed by atoms with van der Waals surface area (Å²) in [4.78, 5) is 46.5. The number of piperazine rings is 1. The van der Waals surface area contributed by atoms with Crippen LogP contribution in [0.4, 0.5) is 0 Å². The SMILES string of the molecule is O=C(C(=O)N1CCN(C(=O)c2csc(-c3ccco3)n2)CC1)N1CCCC1. The molecule has 0 bridgehead atoms. The molecule has 0 atom stereocenters. The molecule has 2 aliphatic heterocycles. The number of amides is 3. The molecule has 4 heterocycles. The van der Waals surface area contributed by atoms with E-state index in [2.05, 4.69) is 4.98 Å². The van der Waals surface area contributed by atoms with E-state index in [4.69, 9.17) is 4.42 Å². The number of aromatic nitrogens is 1. The predicted molar refractivity (Wildman–Crippen MR) is 98.1 cm³/mol. The van der Waals surface area contributed by atoms with Crippen LogP contribution in [0.3, 0.4) is 0 Å². The van der Waals surface area contributed by atoms with Crippen molar-refractivity contribution >= 4 is 29.1 Å². The third kappa shape index (κ3) is 3.59. The standard InChI is InChI=1S/C18H20N4O4S/c23-16(13-12-27-15(19-13)14-4-3-11-26-14)21-7-9-22(10-8-21)18(25)17(24)20-5-1-2-6-20/h3-4,11-12H,1-2,5-10H2. The molecule has 0 saturated carbocycles. The van der Waals surface area contributed by atoms with Crippen LogP contribution in [0.5, 0.6) is 0 Å². The summed E-state index contributed by atoms with van der Waals surface area (Å²) in [5.74, 6) is -0.412. The maximum atomic E-state index is 12.7. The van der Waals surface area contributed by atoms with Crippen LogP contribution in [0.25, 0.3) is 10.8 Å². The first-order valence-electron chi connectivity index (χ1n) is 9.00. The van der Waals surface area contributed by atoms with Gasteiger partial charge < -0.3 is 19.1 Å². The smallest absolute Gasteiger partial charge is 0.312 e. The third-order valence-corrected chi connectivity index (χ3v) is 5.74. The first kappa shape index (κ1) is 17.7. The summed E-state index contributed by atoms with van der Waals surface area (Å²) in [5.41, 5.74) is 0.374. The van der Waals surface area contributed by atoms with E-state index in [9.17, 15) is 14.4 Å². The van der Waals surface area contributed by atoms with Gasteiger partial charge in [-0.3, -0.25) is 14.4 Å². The zero-order valence-corrected chi connectivity index (χ0v) is 15.6. The predicted octanol–water partition coefficient (Wildman–Crippen LogP) is 1.31. The highest BCUT2D eigenvalue weighted by Crippen LogP contribution is 2.24. The van der Waals surface area contributed by atoms with E-state index in [-0.39, 0.29) is 5.91 Å². The second-order valence-electron chi connectivity index (χ2n) is 6.60. The van der Waals surface area contributed by atoms with Crippen LogP contribution in [-0.4, -0.2) is 76.7 Å². The third-order valence-electron chi connectivity index (χ3n) is 4.89. The lowest BCUT2D eigenvalue weighted by Gasteiger charge is -2.34. The average Bonchev–Trinajstić information content (AvgIpc) is 3.47. The van der Waals surface area contributed by atoms with Crippen molar-refractivity contribution in [2.75, 3.05) is 39.3 Å². The van der Waals surface area contributed by atoms with Crippen LogP contribution in [-0.2, 0) is 9.59 Å². The van der Waals surface area contributed by atoms with Crippen LogP contribution < -0.4 is 0 Å². The van der Waals surface area contributed by atoms with Crippen molar-refractivity contribution in [1.29, 1.82) is 0 Å². The van der Waals surface area contributed by atoms with E-state index in [1.54, 1.807) is 38.5 Å². The van der Waals surface area contributed by atoms with E-state index < -0.39 is 11.8 Å². The number of hydrogen-bond donors (Lipinski definition) is 0. The Kier molecular flexibility index (Phi) is 4.93. The molecule has 0 spiro atoms. The maximum absolute atomic E-state index is 12.7. The summed E-state index contributed by atoms with van der Waals surface area (Å²) < 4.78 is 5.31. The minimum atomic E-state index is -0.460. The molecule has 142 valence electrons. The van der Waals surface area contributed by atoms with Gasteiger partial charge in [0, 0.05) is 44.6 Å². The van der Waals surface area contributed by atoms with Crippen LogP contribution in [0, 0.1) is 0 Å². The van der Waals surface area contributed by atoms with Gasteiger partial charge >= 0.3 is 11.8 Å². The first-order chi connectivity index (χ1) is 13.1. The molecule has 0 aliphatic carbocycles. The van der Waals surface area contributed by atoms with Crippen molar-refractivity contribution in [3.63, 3.8) is 0 Å². The van der Waals surface area contributed by atoms with E-state index in [1.807, 2.05) is 0 Å². The van der Waals surface area contributed by atoms with Crippen LogP contribution >= 0.6 is 11.3 Å². The highest BCUT2D eigenvalue weighted by Gasteiger charge is 2.32. The molecule has 2 saturated heterocycles. The lowest BCUT2D eigenvalue weighted by Crippen LogP contribution is -2.54. The number of likely N-dealkylation sites (tertiary alicyclic amines) is 1. The van der Waals surface area contributed by atoms with Crippen molar-refractivity contribution in [3.8, 4) is 10.8 Å². The van der Waals surface area contributed by atoms with Crippen molar-refractivity contribution in [1.82, 2.24) is 19.7 Å². The Balaban J connectivity index is 1.34. The second-order valence-corrected chi connectivity index (χ2v) is 7.46. The number of furan rings is 1. The molecule has 2 aromatic heterocycles. The number of hydrogen-bond acceptors (Lipinski definition) is 6. The molecule has 2 aliphatic rings. The molecule has 9 heteroatoms. The number of rotatable bonds is 2. The Labute approximate surface area is 160 Å². The normalized spacial score (nSPS) is 17.4. The summed E-state index contributed by atoms with van der Waals surface area (Å²) in [6.45, 7) is 2.82. The molecule has 0 radical (unpaired) electrons. The topological polar surface area (TPSA) is 87.0 Å². The molecule has 3 amide bonds. The number of carbonyl (C=O) groups is 3. The fraction of sp³-hybridized carbons (Fsp3) is 0.444. The van der Waals surface area contributed by atoms with Crippen LogP contribution in [0.2, 0.25) is 0 Å². The molecule has 27 heavy (non-hydrogen) atoms. The van der Waals surface area contributed by atoms with Gasteiger partial charge in [0.1, 0.15) is 5.69 Å². The number of thiazole rings is 1. The van der Waals surface area contributed by atoms with E-state index >= 15 is 0 Å². The average molecular weight is 388 g/mol. The molecular formula is C18H20N4O4S. The number of nitrogens with zero attached hydrogens (tertiary/aromatic N) is 4. The molecule has 0 N–H and O–H groups in total. The Hall–Kier alpha value is -2.68. The fourth-order valence-electron chi connectivity index (χ4n) is 3.35. The van der Waals surface area contributed by atoms with Crippen molar-refractivity contribution in [2.24, 2.45) is 0 Å². The monoisotopic (exact) mass is 388 g/mol. The van der Waals surface area contributed by atoms with Gasteiger partial charge in [-0.05, 0) is 25.0 Å².